The Bertz CT molecular complexity index is 399. The molecule has 16 heavy (non-hydrogen) atoms. The molecular formula is C13H16FNO. The molecule has 1 spiro atoms. The Morgan fingerprint density at radius 3 is 3.12 bits per heavy atom. The van der Waals surface area contributed by atoms with Gasteiger partial charge in [0, 0.05) is 6.54 Å². The van der Waals surface area contributed by atoms with E-state index < -0.39 is 0 Å². The van der Waals surface area contributed by atoms with Crippen LogP contribution in [0.4, 0.5) is 4.39 Å². The average molecular weight is 221 g/mol. The van der Waals surface area contributed by atoms with Crippen molar-refractivity contribution in [2.24, 2.45) is 0 Å². The van der Waals surface area contributed by atoms with Crippen LogP contribution in [0.2, 0.25) is 0 Å². The van der Waals surface area contributed by atoms with Crippen molar-refractivity contribution in [3.63, 3.8) is 0 Å². The van der Waals surface area contributed by atoms with Gasteiger partial charge in [0.2, 0.25) is 0 Å². The summed E-state index contributed by atoms with van der Waals surface area (Å²) < 4.78 is 18.9. The van der Waals surface area contributed by atoms with Crippen LogP contribution in [0.5, 0.6) is 0 Å². The van der Waals surface area contributed by atoms with Crippen molar-refractivity contribution < 1.29 is 9.13 Å². The van der Waals surface area contributed by atoms with E-state index in [2.05, 4.69) is 5.32 Å². The molecule has 86 valence electrons. The van der Waals surface area contributed by atoms with E-state index in [4.69, 9.17) is 4.74 Å². The molecule has 1 heterocycles. The molecular weight excluding hydrogens is 205 g/mol. The van der Waals surface area contributed by atoms with Crippen molar-refractivity contribution in [3.05, 3.63) is 35.1 Å². The van der Waals surface area contributed by atoms with E-state index in [1.165, 1.54) is 5.56 Å². The number of benzene rings is 1. The van der Waals surface area contributed by atoms with Gasteiger partial charge in [0.25, 0.3) is 0 Å². The minimum absolute atomic E-state index is 0.131. The standard InChI is InChI=1S/C13H16FNO/c14-11-4-3-10-2-1-5-13(12(10)8-11)9-16-7-6-15-13/h3-4,8,15H,1-2,5-7,9H2/t13-/m0/s1. The van der Waals surface area contributed by atoms with Crippen LogP contribution >= 0.6 is 0 Å². The van der Waals surface area contributed by atoms with E-state index >= 15 is 0 Å². The topological polar surface area (TPSA) is 21.3 Å². The van der Waals surface area contributed by atoms with E-state index in [9.17, 15) is 4.39 Å². The molecule has 1 aliphatic heterocycles. The second-order valence-electron chi connectivity index (χ2n) is 4.72. The molecule has 2 aliphatic rings. The molecule has 0 unspecified atom stereocenters. The normalized spacial score (nSPS) is 29.1. The Morgan fingerprint density at radius 2 is 2.31 bits per heavy atom. The SMILES string of the molecule is Fc1ccc2c(c1)[C@]1(CCC2)COCCN1. The highest BCUT2D eigenvalue weighted by atomic mass is 19.1. The number of rotatable bonds is 0. The predicted molar refractivity (Wildman–Crippen MR) is 59.8 cm³/mol. The third kappa shape index (κ3) is 1.55. The van der Waals surface area contributed by atoms with Gasteiger partial charge in [-0.15, -0.1) is 0 Å². The first kappa shape index (κ1) is 10.2. The molecule has 1 atom stereocenters. The van der Waals surface area contributed by atoms with Gasteiger partial charge < -0.3 is 10.1 Å². The number of morpholine rings is 1. The Hall–Kier alpha value is -0.930. The minimum atomic E-state index is -0.146. The Kier molecular flexibility index (Phi) is 2.45. The molecule has 1 N–H and O–H groups in total. The second kappa shape index (κ2) is 3.82. The van der Waals surface area contributed by atoms with Crippen LogP contribution in [0.15, 0.2) is 18.2 Å². The fourth-order valence-corrected chi connectivity index (χ4v) is 2.92. The maximum absolute atomic E-state index is 13.4. The Balaban J connectivity index is 2.06. The molecule has 1 aliphatic carbocycles. The molecule has 0 aromatic heterocycles. The molecule has 3 rings (SSSR count). The summed E-state index contributed by atoms with van der Waals surface area (Å²) in [5.41, 5.74) is 2.25. The number of hydrogen-bond donors (Lipinski definition) is 1. The quantitative estimate of drug-likeness (QED) is 0.723. The van der Waals surface area contributed by atoms with Gasteiger partial charge in [-0.25, -0.2) is 4.39 Å². The number of hydrogen-bond acceptors (Lipinski definition) is 2. The lowest BCUT2D eigenvalue weighted by molar-refractivity contribution is 0.0168. The monoisotopic (exact) mass is 221 g/mol. The van der Waals surface area contributed by atoms with E-state index in [1.807, 2.05) is 6.07 Å². The Labute approximate surface area is 94.8 Å². The zero-order valence-electron chi connectivity index (χ0n) is 9.26. The molecule has 3 heteroatoms. The van der Waals surface area contributed by atoms with Crippen molar-refractivity contribution in [2.45, 2.75) is 24.8 Å². The molecule has 1 saturated heterocycles. The summed E-state index contributed by atoms with van der Waals surface area (Å²) >= 11 is 0. The number of halogens is 1. The summed E-state index contributed by atoms with van der Waals surface area (Å²) in [6, 6.07) is 5.15. The van der Waals surface area contributed by atoms with Crippen molar-refractivity contribution >= 4 is 0 Å². The highest BCUT2D eigenvalue weighted by Gasteiger charge is 2.38. The summed E-state index contributed by atoms with van der Waals surface area (Å²) in [5.74, 6) is -0.146. The summed E-state index contributed by atoms with van der Waals surface area (Å²) in [5, 5.41) is 3.53. The van der Waals surface area contributed by atoms with Gasteiger partial charge in [-0.3, -0.25) is 0 Å². The number of nitrogens with one attached hydrogen (secondary N) is 1. The Morgan fingerprint density at radius 1 is 1.38 bits per heavy atom. The van der Waals surface area contributed by atoms with Crippen LogP contribution in [0.1, 0.15) is 24.0 Å². The molecule has 0 radical (unpaired) electrons. The van der Waals surface area contributed by atoms with Crippen LogP contribution in [0.3, 0.4) is 0 Å². The van der Waals surface area contributed by atoms with Crippen LogP contribution in [-0.4, -0.2) is 19.8 Å². The van der Waals surface area contributed by atoms with Crippen molar-refractivity contribution in [1.82, 2.24) is 5.32 Å². The highest BCUT2D eigenvalue weighted by Crippen LogP contribution is 2.37. The third-order valence-electron chi connectivity index (χ3n) is 3.70. The summed E-state index contributed by atoms with van der Waals surface area (Å²) in [4.78, 5) is 0. The third-order valence-corrected chi connectivity index (χ3v) is 3.70. The predicted octanol–water partition coefficient (Wildman–Crippen LogP) is 1.98. The average Bonchev–Trinajstić information content (AvgIpc) is 2.32. The zero-order valence-corrected chi connectivity index (χ0v) is 9.26. The fraction of sp³-hybridized carbons (Fsp3) is 0.538. The second-order valence-corrected chi connectivity index (χ2v) is 4.72. The lowest BCUT2D eigenvalue weighted by Crippen LogP contribution is -2.53. The van der Waals surface area contributed by atoms with Crippen molar-refractivity contribution in [1.29, 1.82) is 0 Å². The van der Waals surface area contributed by atoms with Crippen LogP contribution < -0.4 is 5.32 Å². The van der Waals surface area contributed by atoms with Gasteiger partial charge in [0.1, 0.15) is 5.82 Å². The van der Waals surface area contributed by atoms with Gasteiger partial charge in [-0.05, 0) is 42.5 Å². The lowest BCUT2D eigenvalue weighted by Gasteiger charge is -2.42. The van der Waals surface area contributed by atoms with Gasteiger partial charge in [0.15, 0.2) is 0 Å². The van der Waals surface area contributed by atoms with E-state index in [0.29, 0.717) is 6.61 Å². The molecule has 2 nitrogen and oxygen atoms in total. The molecule has 0 bridgehead atoms. The van der Waals surface area contributed by atoms with Crippen molar-refractivity contribution in [2.75, 3.05) is 19.8 Å². The van der Waals surface area contributed by atoms with Gasteiger partial charge in [0.05, 0.1) is 18.8 Å². The maximum Gasteiger partial charge on any atom is 0.123 e. The first-order chi connectivity index (χ1) is 7.80. The molecule has 1 fully saturated rings. The van der Waals surface area contributed by atoms with Crippen LogP contribution in [-0.2, 0) is 16.7 Å². The summed E-state index contributed by atoms with van der Waals surface area (Å²) in [6.07, 6.45) is 3.25. The van der Waals surface area contributed by atoms with E-state index in [-0.39, 0.29) is 11.4 Å². The molecule has 0 amide bonds. The van der Waals surface area contributed by atoms with E-state index in [0.717, 1.165) is 38.0 Å². The first-order valence-corrected chi connectivity index (χ1v) is 5.92. The molecule has 1 aromatic rings. The highest BCUT2D eigenvalue weighted by molar-refractivity contribution is 5.37. The van der Waals surface area contributed by atoms with Gasteiger partial charge >= 0.3 is 0 Å². The smallest absolute Gasteiger partial charge is 0.123 e. The zero-order chi connectivity index (χ0) is 11.0. The van der Waals surface area contributed by atoms with Crippen LogP contribution in [0.25, 0.3) is 0 Å². The molecule has 1 aromatic carbocycles. The number of fused-ring (bicyclic) bond motifs is 2. The van der Waals surface area contributed by atoms with Crippen molar-refractivity contribution in [3.8, 4) is 0 Å². The van der Waals surface area contributed by atoms with E-state index in [1.54, 1.807) is 12.1 Å². The molecule has 0 saturated carbocycles. The largest absolute Gasteiger partial charge is 0.378 e. The van der Waals surface area contributed by atoms with Crippen LogP contribution in [0, 0.1) is 5.82 Å². The lowest BCUT2D eigenvalue weighted by atomic mass is 9.76. The van der Waals surface area contributed by atoms with Gasteiger partial charge in [-0.1, -0.05) is 6.07 Å². The number of ether oxygens (including phenoxy) is 1. The minimum Gasteiger partial charge on any atom is -0.378 e. The summed E-state index contributed by atoms with van der Waals surface area (Å²) in [7, 11) is 0. The summed E-state index contributed by atoms with van der Waals surface area (Å²) in [6.45, 7) is 2.28. The number of aryl methyl sites for hydroxylation is 1. The fourth-order valence-electron chi connectivity index (χ4n) is 2.92. The maximum atomic E-state index is 13.4. The first-order valence-electron chi connectivity index (χ1n) is 5.92. The van der Waals surface area contributed by atoms with Gasteiger partial charge in [-0.2, -0.15) is 0 Å².